The molecule has 0 heterocycles. The van der Waals surface area contributed by atoms with Gasteiger partial charge in [0.25, 0.3) is 0 Å². The van der Waals surface area contributed by atoms with Crippen LogP contribution in [0, 0.1) is 5.92 Å². The van der Waals surface area contributed by atoms with Gasteiger partial charge in [-0.1, -0.05) is 6.07 Å². The van der Waals surface area contributed by atoms with E-state index in [1.54, 1.807) is 12.1 Å². The minimum Gasteiger partial charge on any atom is -0.481 e. The van der Waals surface area contributed by atoms with Crippen molar-refractivity contribution in [2.24, 2.45) is 5.92 Å². The molecule has 0 aliphatic heterocycles. The number of esters is 1. The highest BCUT2D eigenvalue weighted by Gasteiger charge is 2.24. The molecule has 1 atom stereocenters. The first-order chi connectivity index (χ1) is 8.11. The van der Waals surface area contributed by atoms with Gasteiger partial charge >= 0.3 is 11.9 Å². The summed E-state index contributed by atoms with van der Waals surface area (Å²) in [6, 6.07) is 5.32. The number of methoxy groups -OCH3 is 1. The van der Waals surface area contributed by atoms with Gasteiger partial charge in [0.15, 0.2) is 0 Å². The summed E-state index contributed by atoms with van der Waals surface area (Å²) in [4.78, 5) is 22.3. The van der Waals surface area contributed by atoms with E-state index in [-0.39, 0.29) is 11.9 Å². The Balaban J connectivity index is 2.25. The van der Waals surface area contributed by atoms with E-state index in [4.69, 9.17) is 5.11 Å². The number of carboxylic acid groups (broad SMARTS) is 1. The van der Waals surface area contributed by atoms with Gasteiger partial charge < -0.3 is 9.84 Å². The fraction of sp³-hybridized carbons (Fsp3) is 0.385. The summed E-state index contributed by atoms with van der Waals surface area (Å²) in [7, 11) is 1.35. The Morgan fingerprint density at radius 1 is 1.35 bits per heavy atom. The van der Waals surface area contributed by atoms with Crippen molar-refractivity contribution in [3.05, 3.63) is 34.9 Å². The third-order valence-corrected chi connectivity index (χ3v) is 3.21. The number of aliphatic carboxylic acids is 1. The summed E-state index contributed by atoms with van der Waals surface area (Å²) in [6.07, 6.45) is 1.89. The van der Waals surface area contributed by atoms with Crippen LogP contribution in [0.5, 0.6) is 0 Å². The van der Waals surface area contributed by atoms with E-state index in [9.17, 15) is 9.59 Å². The Bertz CT molecular complexity index is 464. The number of carbonyl (C=O) groups excluding carboxylic acids is 1. The molecule has 17 heavy (non-hydrogen) atoms. The number of carboxylic acids is 1. The predicted octanol–water partition coefficient (Wildman–Crippen LogP) is 1.66. The topological polar surface area (TPSA) is 63.6 Å². The van der Waals surface area contributed by atoms with Crippen LogP contribution in [0.25, 0.3) is 0 Å². The van der Waals surface area contributed by atoms with Crippen molar-refractivity contribution in [2.75, 3.05) is 7.11 Å². The third-order valence-electron chi connectivity index (χ3n) is 3.21. The van der Waals surface area contributed by atoms with Gasteiger partial charge in [0.2, 0.25) is 0 Å². The van der Waals surface area contributed by atoms with Gasteiger partial charge in [-0.15, -0.1) is 0 Å². The molecule has 0 radical (unpaired) electrons. The quantitative estimate of drug-likeness (QED) is 0.790. The van der Waals surface area contributed by atoms with Crippen molar-refractivity contribution in [3.8, 4) is 0 Å². The molecule has 0 aromatic heterocycles. The normalized spacial score (nSPS) is 18.3. The molecule has 1 N–H and O–H groups in total. The number of fused-ring (bicyclic) bond motifs is 1. The summed E-state index contributed by atoms with van der Waals surface area (Å²) in [5.41, 5.74) is 2.61. The van der Waals surface area contributed by atoms with Crippen LogP contribution in [0.4, 0.5) is 0 Å². The first kappa shape index (κ1) is 11.6. The van der Waals surface area contributed by atoms with Crippen LogP contribution in [0.15, 0.2) is 18.2 Å². The van der Waals surface area contributed by atoms with Gasteiger partial charge in [-0.05, 0) is 42.5 Å². The maximum atomic E-state index is 11.4. The van der Waals surface area contributed by atoms with Gasteiger partial charge in [-0.25, -0.2) is 4.79 Å². The zero-order valence-corrected chi connectivity index (χ0v) is 9.60. The molecular formula is C13H14O4. The van der Waals surface area contributed by atoms with Crippen molar-refractivity contribution in [1.82, 2.24) is 0 Å². The smallest absolute Gasteiger partial charge is 0.337 e. The second-order valence-corrected chi connectivity index (χ2v) is 4.25. The largest absolute Gasteiger partial charge is 0.481 e. The molecule has 1 aromatic carbocycles. The first-order valence-corrected chi connectivity index (χ1v) is 5.54. The van der Waals surface area contributed by atoms with E-state index in [0.717, 1.165) is 11.1 Å². The van der Waals surface area contributed by atoms with Crippen molar-refractivity contribution in [1.29, 1.82) is 0 Å². The van der Waals surface area contributed by atoms with Crippen LogP contribution in [0.3, 0.4) is 0 Å². The molecule has 0 saturated carbocycles. The van der Waals surface area contributed by atoms with Gasteiger partial charge in [0, 0.05) is 0 Å². The van der Waals surface area contributed by atoms with E-state index in [1.807, 2.05) is 6.07 Å². The lowest BCUT2D eigenvalue weighted by atomic mass is 9.83. The highest BCUT2D eigenvalue weighted by molar-refractivity contribution is 5.89. The van der Waals surface area contributed by atoms with Gasteiger partial charge in [0.1, 0.15) is 0 Å². The Hall–Kier alpha value is -1.84. The Morgan fingerprint density at radius 3 is 2.76 bits per heavy atom. The van der Waals surface area contributed by atoms with Crippen LogP contribution < -0.4 is 0 Å². The van der Waals surface area contributed by atoms with Gasteiger partial charge in [-0.3, -0.25) is 4.79 Å². The minimum absolute atomic E-state index is 0.300. The number of benzene rings is 1. The SMILES string of the molecule is COC(=O)c1ccc2c(c1)CCC(C(=O)O)C2. The number of aryl methyl sites for hydroxylation is 1. The van der Waals surface area contributed by atoms with Gasteiger partial charge in [0.05, 0.1) is 18.6 Å². The minimum atomic E-state index is -0.743. The van der Waals surface area contributed by atoms with Crippen LogP contribution >= 0.6 is 0 Å². The molecule has 4 heteroatoms. The lowest BCUT2D eigenvalue weighted by molar-refractivity contribution is -0.142. The standard InChI is InChI=1S/C13H14O4/c1-17-13(16)11-5-3-8-6-10(12(14)15)4-2-9(8)7-11/h3,5,7,10H,2,4,6H2,1H3,(H,14,15). The van der Waals surface area contributed by atoms with Crippen LogP contribution in [0.2, 0.25) is 0 Å². The zero-order chi connectivity index (χ0) is 12.4. The molecule has 0 spiro atoms. The van der Waals surface area contributed by atoms with E-state index in [0.29, 0.717) is 24.8 Å². The van der Waals surface area contributed by atoms with Crippen LogP contribution in [0.1, 0.15) is 27.9 Å². The molecule has 1 aliphatic carbocycles. The first-order valence-electron chi connectivity index (χ1n) is 5.54. The summed E-state index contributed by atoms with van der Waals surface area (Å²) in [5, 5.41) is 8.97. The number of ether oxygens (including phenoxy) is 1. The van der Waals surface area contributed by atoms with E-state index < -0.39 is 5.97 Å². The molecule has 0 amide bonds. The molecule has 0 fully saturated rings. The zero-order valence-electron chi connectivity index (χ0n) is 9.60. The predicted molar refractivity (Wildman–Crippen MR) is 60.9 cm³/mol. The van der Waals surface area contributed by atoms with Crippen LogP contribution in [-0.4, -0.2) is 24.2 Å². The monoisotopic (exact) mass is 234 g/mol. The lowest BCUT2D eigenvalue weighted by Crippen LogP contribution is -2.22. The second-order valence-electron chi connectivity index (χ2n) is 4.25. The molecule has 0 bridgehead atoms. The molecule has 90 valence electrons. The Labute approximate surface area is 99.2 Å². The summed E-state index contributed by atoms with van der Waals surface area (Å²) >= 11 is 0. The molecule has 2 rings (SSSR count). The molecule has 0 saturated heterocycles. The van der Waals surface area contributed by atoms with E-state index in [2.05, 4.69) is 4.74 Å². The maximum Gasteiger partial charge on any atom is 0.337 e. The molecule has 1 aliphatic rings. The summed E-state index contributed by atoms with van der Waals surface area (Å²) in [6.45, 7) is 0. The average molecular weight is 234 g/mol. The van der Waals surface area contributed by atoms with E-state index in [1.165, 1.54) is 7.11 Å². The Kier molecular flexibility index (Phi) is 3.13. The molecule has 4 nitrogen and oxygen atoms in total. The summed E-state index contributed by atoms with van der Waals surface area (Å²) < 4.78 is 4.65. The summed E-state index contributed by atoms with van der Waals surface area (Å²) in [5.74, 6) is -1.40. The van der Waals surface area contributed by atoms with Crippen molar-refractivity contribution < 1.29 is 19.4 Å². The van der Waals surface area contributed by atoms with E-state index >= 15 is 0 Å². The fourth-order valence-corrected chi connectivity index (χ4v) is 2.21. The highest BCUT2D eigenvalue weighted by atomic mass is 16.5. The average Bonchev–Trinajstić information content (AvgIpc) is 2.36. The lowest BCUT2D eigenvalue weighted by Gasteiger charge is -2.21. The maximum absolute atomic E-state index is 11.4. The number of rotatable bonds is 2. The molecule has 1 unspecified atom stereocenters. The van der Waals surface area contributed by atoms with Crippen LogP contribution in [-0.2, 0) is 22.4 Å². The third kappa shape index (κ3) is 2.30. The number of hydrogen-bond acceptors (Lipinski definition) is 3. The Morgan fingerprint density at radius 2 is 2.12 bits per heavy atom. The molecular weight excluding hydrogens is 220 g/mol. The fourth-order valence-electron chi connectivity index (χ4n) is 2.21. The van der Waals surface area contributed by atoms with Crippen molar-refractivity contribution in [3.63, 3.8) is 0 Å². The van der Waals surface area contributed by atoms with Crippen molar-refractivity contribution in [2.45, 2.75) is 19.3 Å². The van der Waals surface area contributed by atoms with Crippen molar-refractivity contribution >= 4 is 11.9 Å². The van der Waals surface area contributed by atoms with Gasteiger partial charge in [-0.2, -0.15) is 0 Å². The second kappa shape index (κ2) is 4.57. The molecule has 1 aromatic rings. The highest BCUT2D eigenvalue weighted by Crippen LogP contribution is 2.26. The number of hydrogen-bond donors (Lipinski definition) is 1. The number of carbonyl (C=O) groups is 2.